The third-order valence-electron chi connectivity index (χ3n) is 8.55. The van der Waals surface area contributed by atoms with Gasteiger partial charge in [0.2, 0.25) is 0 Å². The molecular weight excluding hydrogens is 553 g/mol. The monoisotopic (exact) mass is 595 g/mol. The molecule has 0 saturated heterocycles. The van der Waals surface area contributed by atoms with Crippen molar-refractivity contribution in [3.05, 3.63) is 182 Å². The van der Waals surface area contributed by atoms with Crippen LogP contribution in [0.1, 0.15) is 17.8 Å². The van der Waals surface area contributed by atoms with E-state index in [4.69, 9.17) is 12.3 Å². The number of hydrogen-bond donors (Lipinski definition) is 0. The molecule has 0 aliphatic heterocycles. The van der Waals surface area contributed by atoms with E-state index in [2.05, 4.69) is 48.5 Å². The summed E-state index contributed by atoms with van der Waals surface area (Å²) in [7, 11) is 0. The van der Waals surface area contributed by atoms with E-state index < -0.39 is 84.1 Å². The van der Waals surface area contributed by atoms with Crippen LogP contribution in [-0.2, 0) is 0 Å². The summed E-state index contributed by atoms with van der Waals surface area (Å²) in [4.78, 5) is 0. The van der Waals surface area contributed by atoms with Gasteiger partial charge >= 0.3 is 0 Å². The quantitative estimate of drug-likeness (QED) is 0.178. The number of benzene rings is 9. The Bertz CT molecular complexity index is 3210. The van der Waals surface area contributed by atoms with Gasteiger partial charge in [0.15, 0.2) is 0 Å². The molecule has 0 spiro atoms. The molecule has 0 bridgehead atoms. The Morgan fingerprint density at radius 2 is 0.848 bits per heavy atom. The smallest absolute Gasteiger partial charge is 0.0622 e. The molecule has 0 amide bonds. The molecule has 0 aliphatic carbocycles. The standard InChI is InChI=1S/C46H30/c1-2-13-32(14-3-1)45-41-19-6-8-21-43(41)46(44-22-9-7-20-42(44)45)38-18-10-16-37(30-38)39-23-11-17-36-29-35(26-27-40(36)39)34-25-24-31-12-4-5-15-33(31)28-34/h1-30H/i1D,2D,3D,6D,7D,8D,9D,13D,14D,19D,20D,21D,22D. The van der Waals surface area contributed by atoms with E-state index in [-0.39, 0.29) is 32.7 Å². The van der Waals surface area contributed by atoms with Gasteiger partial charge in [-0.1, -0.05) is 163 Å². The maximum Gasteiger partial charge on any atom is 0.0629 e. The first kappa shape index (κ1) is 16.4. The minimum absolute atomic E-state index is 0.0887. The van der Waals surface area contributed by atoms with Crippen molar-refractivity contribution in [2.24, 2.45) is 0 Å². The minimum Gasteiger partial charge on any atom is -0.0622 e. The lowest BCUT2D eigenvalue weighted by Crippen LogP contribution is -1.91. The largest absolute Gasteiger partial charge is 0.0629 e. The van der Waals surface area contributed by atoms with Crippen molar-refractivity contribution in [2.75, 3.05) is 0 Å². The van der Waals surface area contributed by atoms with Gasteiger partial charge in [-0.3, -0.25) is 0 Å². The van der Waals surface area contributed by atoms with Crippen molar-refractivity contribution >= 4 is 43.1 Å². The maximum absolute atomic E-state index is 9.28. The first-order valence-corrected chi connectivity index (χ1v) is 14.9. The van der Waals surface area contributed by atoms with Crippen molar-refractivity contribution in [1.29, 1.82) is 0 Å². The van der Waals surface area contributed by atoms with Gasteiger partial charge in [-0.2, -0.15) is 0 Å². The van der Waals surface area contributed by atoms with Gasteiger partial charge in [0, 0.05) is 0 Å². The second-order valence-electron chi connectivity index (χ2n) is 11.1. The van der Waals surface area contributed by atoms with Crippen LogP contribution in [0.5, 0.6) is 0 Å². The van der Waals surface area contributed by atoms with Gasteiger partial charge in [-0.05, 0) is 106 Å². The fourth-order valence-electron chi connectivity index (χ4n) is 6.46. The Morgan fingerprint density at radius 3 is 1.57 bits per heavy atom. The fourth-order valence-corrected chi connectivity index (χ4v) is 6.46. The summed E-state index contributed by atoms with van der Waals surface area (Å²) in [5.41, 5.74) is 3.40. The molecule has 0 aliphatic rings. The summed E-state index contributed by atoms with van der Waals surface area (Å²) in [6, 6.07) is 25.6. The van der Waals surface area contributed by atoms with Gasteiger partial charge in [-0.25, -0.2) is 0 Å². The van der Waals surface area contributed by atoms with Crippen LogP contribution in [0.15, 0.2) is 182 Å². The molecule has 214 valence electrons. The lowest BCUT2D eigenvalue weighted by Gasteiger charge is -2.18. The zero-order chi connectivity index (χ0) is 41.8. The van der Waals surface area contributed by atoms with E-state index in [1.165, 1.54) is 0 Å². The SMILES string of the molecule is [2H]c1c([2H])c([2H])c(-c2c3c([2H])c([2H])c([2H])c([2H])c3c(-c3cccc(-c4cccc5cc(-c6ccc7ccccc7c6)ccc45)c3)c3c([2H])c([2H])c([2H])c([2H])c23)c([2H])c1[2H]. The Hall–Kier alpha value is -5.98. The lowest BCUT2D eigenvalue weighted by molar-refractivity contribution is 1.62. The van der Waals surface area contributed by atoms with Crippen molar-refractivity contribution in [3.8, 4) is 44.5 Å². The van der Waals surface area contributed by atoms with E-state index in [1.807, 2.05) is 42.5 Å². The molecule has 9 aromatic rings. The topological polar surface area (TPSA) is 0 Å². The molecule has 0 fully saturated rings. The minimum atomic E-state index is -0.708. The second kappa shape index (κ2) is 10.9. The lowest BCUT2D eigenvalue weighted by atomic mass is 9.85. The Kier molecular flexibility index (Phi) is 3.87. The molecular formula is C46H30. The molecule has 0 N–H and O–H groups in total. The Labute approximate surface area is 287 Å². The molecule has 0 heterocycles. The van der Waals surface area contributed by atoms with E-state index in [9.17, 15) is 5.48 Å². The van der Waals surface area contributed by atoms with Crippen LogP contribution in [0.4, 0.5) is 0 Å². The zero-order valence-electron chi connectivity index (χ0n) is 37.3. The van der Waals surface area contributed by atoms with Gasteiger partial charge in [0.05, 0.1) is 17.8 Å². The van der Waals surface area contributed by atoms with Crippen molar-refractivity contribution < 1.29 is 17.8 Å². The van der Waals surface area contributed by atoms with E-state index >= 15 is 0 Å². The first-order chi connectivity index (χ1) is 28.2. The predicted molar refractivity (Wildman–Crippen MR) is 198 cm³/mol. The van der Waals surface area contributed by atoms with Gasteiger partial charge in [0.25, 0.3) is 0 Å². The van der Waals surface area contributed by atoms with E-state index in [0.717, 1.165) is 43.8 Å². The Morgan fingerprint density at radius 1 is 0.304 bits per heavy atom. The zero-order valence-corrected chi connectivity index (χ0v) is 24.3. The highest BCUT2D eigenvalue weighted by molar-refractivity contribution is 6.21. The summed E-state index contributed by atoms with van der Waals surface area (Å²) < 4.78 is 115. The van der Waals surface area contributed by atoms with Gasteiger partial charge in [0.1, 0.15) is 0 Å². The van der Waals surface area contributed by atoms with Crippen LogP contribution in [0.25, 0.3) is 87.6 Å². The van der Waals surface area contributed by atoms with Crippen LogP contribution in [0, 0.1) is 0 Å². The summed E-state index contributed by atoms with van der Waals surface area (Å²) in [5.74, 6) is 0. The van der Waals surface area contributed by atoms with Crippen molar-refractivity contribution in [3.63, 3.8) is 0 Å². The average Bonchev–Trinajstić information content (AvgIpc) is 3.26. The molecule has 0 saturated carbocycles. The normalized spacial score (nSPS) is 15.4. The fraction of sp³-hybridized carbons (Fsp3) is 0. The molecule has 46 heavy (non-hydrogen) atoms. The van der Waals surface area contributed by atoms with Crippen LogP contribution in [0.3, 0.4) is 0 Å². The molecule has 0 nitrogen and oxygen atoms in total. The van der Waals surface area contributed by atoms with Crippen LogP contribution < -0.4 is 0 Å². The maximum atomic E-state index is 9.28. The number of fused-ring (bicyclic) bond motifs is 4. The summed E-state index contributed by atoms with van der Waals surface area (Å²) >= 11 is 0. The molecule has 9 rings (SSSR count). The molecule has 0 radical (unpaired) electrons. The average molecular weight is 596 g/mol. The second-order valence-corrected chi connectivity index (χ2v) is 11.1. The van der Waals surface area contributed by atoms with Crippen LogP contribution in [0.2, 0.25) is 0 Å². The molecule has 0 atom stereocenters. The highest BCUT2D eigenvalue weighted by Crippen LogP contribution is 2.44. The molecule has 0 aromatic heterocycles. The molecule has 9 aromatic carbocycles. The third kappa shape index (κ3) is 4.38. The van der Waals surface area contributed by atoms with Crippen molar-refractivity contribution in [1.82, 2.24) is 0 Å². The third-order valence-corrected chi connectivity index (χ3v) is 8.55. The first-order valence-electron chi connectivity index (χ1n) is 21.4. The van der Waals surface area contributed by atoms with Crippen LogP contribution >= 0.6 is 0 Å². The van der Waals surface area contributed by atoms with Gasteiger partial charge in [-0.15, -0.1) is 0 Å². The Balaban J connectivity index is 1.36. The van der Waals surface area contributed by atoms with Crippen LogP contribution in [-0.4, -0.2) is 0 Å². The number of hydrogen-bond acceptors (Lipinski definition) is 0. The highest BCUT2D eigenvalue weighted by Gasteiger charge is 2.17. The molecule has 0 heteroatoms. The van der Waals surface area contributed by atoms with Crippen molar-refractivity contribution in [2.45, 2.75) is 0 Å². The summed E-state index contributed by atoms with van der Waals surface area (Å²) in [6.07, 6.45) is 0. The summed E-state index contributed by atoms with van der Waals surface area (Å²) in [5, 5.41) is 3.47. The van der Waals surface area contributed by atoms with Gasteiger partial charge < -0.3 is 0 Å². The predicted octanol–water partition coefficient (Wildman–Crippen LogP) is 13.0. The summed E-state index contributed by atoms with van der Waals surface area (Å²) in [6.45, 7) is 0. The highest BCUT2D eigenvalue weighted by atomic mass is 14.2. The number of rotatable bonds is 4. The molecule has 0 unspecified atom stereocenters. The van der Waals surface area contributed by atoms with E-state index in [1.54, 1.807) is 12.1 Å². The van der Waals surface area contributed by atoms with E-state index in [0.29, 0.717) is 5.56 Å².